The molecule has 0 saturated heterocycles. The second-order valence-electron chi connectivity index (χ2n) is 11.1. The molecule has 5 amide bonds. The maximum atomic E-state index is 13.0. The van der Waals surface area contributed by atoms with Gasteiger partial charge in [0.05, 0.1) is 0 Å². The van der Waals surface area contributed by atoms with Gasteiger partial charge in [-0.2, -0.15) is 0 Å². The summed E-state index contributed by atoms with van der Waals surface area (Å²) in [6, 6.07) is -3.56. The van der Waals surface area contributed by atoms with Crippen molar-refractivity contribution in [1.29, 1.82) is 0 Å². The molecule has 0 aromatic rings. The van der Waals surface area contributed by atoms with Crippen molar-refractivity contribution in [1.82, 2.24) is 26.6 Å². The summed E-state index contributed by atoms with van der Waals surface area (Å²) in [5, 5.41) is 13.1. The van der Waals surface area contributed by atoms with E-state index in [1.807, 2.05) is 13.8 Å². The lowest BCUT2D eigenvalue weighted by molar-refractivity contribution is -0.134. The van der Waals surface area contributed by atoms with E-state index in [0.29, 0.717) is 6.42 Å². The van der Waals surface area contributed by atoms with Crippen LogP contribution in [0.4, 0.5) is 4.79 Å². The Kier molecular flexibility index (Phi) is 13.5. The largest absolute Gasteiger partial charge is 0.444 e. The minimum Gasteiger partial charge on any atom is -0.444 e. The molecule has 0 spiro atoms. The van der Waals surface area contributed by atoms with E-state index in [4.69, 9.17) is 4.74 Å². The maximum absolute atomic E-state index is 13.0. The van der Waals surface area contributed by atoms with Crippen LogP contribution >= 0.6 is 0 Å². The molecule has 11 heteroatoms. The molecule has 0 unspecified atom stereocenters. The molecule has 208 valence electrons. The number of hydrogen-bond acceptors (Lipinski definition) is 6. The van der Waals surface area contributed by atoms with E-state index in [1.165, 1.54) is 14.0 Å². The first kappa shape index (κ1) is 33.1. The summed E-state index contributed by atoms with van der Waals surface area (Å²) in [4.78, 5) is 63.0. The third kappa shape index (κ3) is 12.2. The number of likely N-dealkylation sites (N-methyl/N-ethyl adjacent to an activating group) is 1. The third-order valence-electron chi connectivity index (χ3n) is 5.21. The number of carbonyl (C=O) groups is 5. The van der Waals surface area contributed by atoms with Crippen LogP contribution in [0.1, 0.15) is 75.7 Å². The number of alkyl carbamates (subject to hydrolysis) is 1. The summed E-state index contributed by atoms with van der Waals surface area (Å²) >= 11 is 0. The van der Waals surface area contributed by atoms with Gasteiger partial charge in [0.2, 0.25) is 23.6 Å². The van der Waals surface area contributed by atoms with Crippen LogP contribution in [0.15, 0.2) is 0 Å². The molecular weight excluding hydrogens is 466 g/mol. The summed E-state index contributed by atoms with van der Waals surface area (Å²) in [5.74, 6) is -2.31. The fourth-order valence-corrected chi connectivity index (χ4v) is 3.28. The van der Waals surface area contributed by atoms with E-state index in [-0.39, 0.29) is 23.7 Å². The molecule has 11 nitrogen and oxygen atoms in total. The smallest absolute Gasteiger partial charge is 0.408 e. The van der Waals surface area contributed by atoms with Gasteiger partial charge in [-0.25, -0.2) is 4.79 Å². The molecule has 0 aliphatic carbocycles. The molecule has 0 fully saturated rings. The zero-order chi connectivity index (χ0) is 28.4. The van der Waals surface area contributed by atoms with Gasteiger partial charge in [-0.05, 0) is 51.9 Å². The highest BCUT2D eigenvalue weighted by molar-refractivity contribution is 5.95. The van der Waals surface area contributed by atoms with Crippen LogP contribution in [-0.2, 0) is 23.9 Å². The summed E-state index contributed by atoms with van der Waals surface area (Å²) in [6.45, 7) is 17.6. The average molecular weight is 514 g/mol. The van der Waals surface area contributed by atoms with Gasteiger partial charge in [-0.15, -0.1) is 0 Å². The lowest BCUT2D eigenvalue weighted by Gasteiger charge is -2.28. The van der Waals surface area contributed by atoms with Gasteiger partial charge in [0.25, 0.3) is 0 Å². The Hall–Kier alpha value is -2.85. The van der Waals surface area contributed by atoms with E-state index in [0.717, 1.165) is 0 Å². The number of amides is 5. The van der Waals surface area contributed by atoms with Crippen LogP contribution < -0.4 is 26.6 Å². The van der Waals surface area contributed by atoms with Crippen LogP contribution in [0.3, 0.4) is 0 Å². The first-order valence-electron chi connectivity index (χ1n) is 12.5. The summed E-state index contributed by atoms with van der Waals surface area (Å²) < 4.78 is 5.26. The average Bonchev–Trinajstić information content (AvgIpc) is 2.72. The third-order valence-corrected chi connectivity index (χ3v) is 5.21. The van der Waals surface area contributed by atoms with E-state index >= 15 is 0 Å². The Morgan fingerprint density at radius 3 is 1.58 bits per heavy atom. The molecule has 5 N–H and O–H groups in total. The van der Waals surface area contributed by atoms with Crippen LogP contribution in [0.5, 0.6) is 0 Å². The van der Waals surface area contributed by atoms with Crippen molar-refractivity contribution in [3.63, 3.8) is 0 Å². The standard InChI is InChI=1S/C25H47N5O6/c1-13(2)12-17(28-23(34)19(15(5)6)30-24(35)36-25(8,9)10)21(32)27-16(7)20(31)29-18(14(3)4)22(33)26-11/h13-19H,12H2,1-11H3,(H,26,33)(H,27,32)(H,28,34)(H,29,31)(H,30,35)/t16-,17-,18-,19-/m0/s1. The number of hydrogen-bond donors (Lipinski definition) is 5. The number of rotatable bonds is 12. The van der Waals surface area contributed by atoms with Gasteiger partial charge in [0.15, 0.2) is 0 Å². The van der Waals surface area contributed by atoms with Crippen molar-refractivity contribution < 1.29 is 28.7 Å². The fraction of sp³-hybridized carbons (Fsp3) is 0.800. The molecule has 0 heterocycles. The van der Waals surface area contributed by atoms with Crippen molar-refractivity contribution in [3.05, 3.63) is 0 Å². The molecule has 0 aliphatic heterocycles. The van der Waals surface area contributed by atoms with E-state index < -0.39 is 53.6 Å². The first-order valence-corrected chi connectivity index (χ1v) is 12.5. The van der Waals surface area contributed by atoms with Gasteiger partial charge in [-0.1, -0.05) is 41.5 Å². The quantitative estimate of drug-likeness (QED) is 0.266. The zero-order valence-corrected chi connectivity index (χ0v) is 23.7. The molecule has 4 atom stereocenters. The Bertz CT molecular complexity index is 775. The summed E-state index contributed by atoms with van der Waals surface area (Å²) in [7, 11) is 1.48. The first-order chi connectivity index (χ1) is 16.4. The minimum absolute atomic E-state index is 0.0556. The van der Waals surface area contributed by atoms with Gasteiger partial charge < -0.3 is 31.3 Å². The Morgan fingerprint density at radius 1 is 0.667 bits per heavy atom. The van der Waals surface area contributed by atoms with Gasteiger partial charge in [-0.3, -0.25) is 19.2 Å². The molecule has 0 aromatic carbocycles. The van der Waals surface area contributed by atoms with E-state index in [2.05, 4.69) is 26.6 Å². The lowest BCUT2D eigenvalue weighted by Crippen LogP contribution is -2.59. The molecule has 36 heavy (non-hydrogen) atoms. The van der Waals surface area contributed by atoms with Gasteiger partial charge >= 0.3 is 6.09 Å². The minimum atomic E-state index is -0.948. The molecule has 0 rings (SSSR count). The second-order valence-corrected chi connectivity index (χ2v) is 11.1. The van der Waals surface area contributed by atoms with Crippen molar-refractivity contribution in [2.24, 2.45) is 17.8 Å². The van der Waals surface area contributed by atoms with Gasteiger partial charge in [0, 0.05) is 7.05 Å². The summed E-state index contributed by atoms with van der Waals surface area (Å²) in [5.41, 5.74) is -0.731. The molecule has 0 saturated carbocycles. The van der Waals surface area contributed by atoms with Crippen LogP contribution in [0.2, 0.25) is 0 Å². The summed E-state index contributed by atoms with van der Waals surface area (Å²) in [6.07, 6.45) is -0.418. The normalized spacial score (nSPS) is 14.9. The van der Waals surface area contributed by atoms with Crippen LogP contribution in [-0.4, -0.2) is 66.5 Å². The zero-order valence-electron chi connectivity index (χ0n) is 23.7. The molecular formula is C25H47N5O6. The highest BCUT2D eigenvalue weighted by atomic mass is 16.6. The topological polar surface area (TPSA) is 155 Å². The Morgan fingerprint density at radius 2 is 1.17 bits per heavy atom. The molecule has 0 aromatic heterocycles. The molecule has 0 bridgehead atoms. The SMILES string of the molecule is CNC(=O)[C@@H](NC(=O)[C@H](C)NC(=O)[C@H](CC(C)C)NC(=O)[C@@H](NC(=O)OC(C)(C)C)C(C)C)C(C)C. The Balaban J connectivity index is 5.44. The van der Waals surface area contributed by atoms with E-state index in [1.54, 1.807) is 48.5 Å². The predicted molar refractivity (Wildman–Crippen MR) is 138 cm³/mol. The molecule has 0 radical (unpaired) electrons. The van der Waals surface area contributed by atoms with Crippen molar-refractivity contribution >= 4 is 29.7 Å². The maximum Gasteiger partial charge on any atom is 0.408 e. The number of ether oxygens (including phenoxy) is 1. The van der Waals surface area contributed by atoms with E-state index in [9.17, 15) is 24.0 Å². The number of carbonyl (C=O) groups excluding carboxylic acids is 5. The predicted octanol–water partition coefficient (Wildman–Crippen LogP) is 1.46. The van der Waals surface area contributed by atoms with Crippen LogP contribution in [0.25, 0.3) is 0 Å². The highest BCUT2D eigenvalue weighted by Crippen LogP contribution is 2.11. The van der Waals surface area contributed by atoms with Gasteiger partial charge in [0.1, 0.15) is 29.8 Å². The molecule has 0 aliphatic rings. The fourth-order valence-electron chi connectivity index (χ4n) is 3.28. The Labute approximate surface area is 215 Å². The highest BCUT2D eigenvalue weighted by Gasteiger charge is 2.32. The second kappa shape index (κ2) is 14.6. The number of nitrogens with one attached hydrogen (secondary N) is 5. The lowest BCUT2D eigenvalue weighted by atomic mass is 9.99. The van der Waals surface area contributed by atoms with Crippen molar-refractivity contribution in [2.45, 2.75) is 105 Å². The van der Waals surface area contributed by atoms with Crippen molar-refractivity contribution in [2.75, 3.05) is 7.05 Å². The van der Waals surface area contributed by atoms with Crippen molar-refractivity contribution in [3.8, 4) is 0 Å². The monoisotopic (exact) mass is 513 g/mol. The van der Waals surface area contributed by atoms with Crippen LogP contribution in [0, 0.1) is 17.8 Å².